The Labute approximate surface area is 599 Å². The molecule has 4 N–H and O–H groups in total. The summed E-state index contributed by atoms with van der Waals surface area (Å²) in [5.74, 6) is -3.81. The lowest BCUT2D eigenvalue weighted by atomic mass is 9.78. The van der Waals surface area contributed by atoms with Gasteiger partial charge in [0.1, 0.15) is 59.7 Å². The highest BCUT2D eigenvalue weighted by Gasteiger charge is 2.49. The van der Waals surface area contributed by atoms with Gasteiger partial charge in [0.2, 0.25) is 41.3 Å². The molecule has 542 valence electrons. The van der Waals surface area contributed by atoms with Crippen LogP contribution in [0.2, 0.25) is 0 Å². The van der Waals surface area contributed by atoms with E-state index in [1.54, 1.807) is 53.2 Å². The van der Waals surface area contributed by atoms with Crippen LogP contribution in [-0.4, -0.2) is 147 Å². The number of nitrogens with zero attached hydrogens (tertiary/aromatic N) is 10. The molecule has 0 saturated carbocycles. The highest BCUT2D eigenvalue weighted by Crippen LogP contribution is 2.41. The molecule has 9 heterocycles. The highest BCUT2D eigenvalue weighted by atomic mass is 32.1. The molecular formula is C75H87N13O14S. The summed E-state index contributed by atoms with van der Waals surface area (Å²) in [6, 6.07) is 22.4. The predicted octanol–water partition coefficient (Wildman–Crippen LogP) is 10.1. The standard InChI is InChI=1S/C75H87N13O14S/c1-40(2)64(59-24-42(5)83-100-59)72(93)87-33-54(27-57(87)69(91)80-43(6)47-16-20-49(21-17-47)61-30-76-37-98-61)96-35-52-25-60(101-84-52)66(75(9,10)11)74(95)88-34-55(28-58(88)70(92)81-44(7)48-18-22-50(23-19-48)62-31-77-38-99-62)97-36-63-82-71(102-85-63)65(41(3)4)73(94)86-32-53(89)26-56(86)68(90)78-29-46-12-14-51(15-13-46)67-45(8)79-39-103-67/h12-25,30-31,37-41,43-44,53-58,64-66,89H,26-29,32-36H2,1-11H3,(H,78,90)(H,80,91)(H,81,92)/t43-,44-,53+,54+,55+,56-,57-,58-,64+,65+,66+/m0/s1. The van der Waals surface area contributed by atoms with E-state index in [-0.39, 0.29) is 99.8 Å². The first-order chi connectivity index (χ1) is 49.3. The van der Waals surface area contributed by atoms with Gasteiger partial charge in [-0.2, -0.15) is 4.98 Å². The number of nitrogens with one attached hydrogen (secondary N) is 3. The first-order valence-corrected chi connectivity index (χ1v) is 35.6. The van der Waals surface area contributed by atoms with Crippen molar-refractivity contribution < 1.29 is 65.8 Å². The van der Waals surface area contributed by atoms with Gasteiger partial charge in [0, 0.05) is 68.7 Å². The lowest BCUT2D eigenvalue weighted by Gasteiger charge is -2.33. The van der Waals surface area contributed by atoms with Crippen molar-refractivity contribution in [2.45, 2.75) is 181 Å². The minimum absolute atomic E-state index is 0.00123. The molecule has 103 heavy (non-hydrogen) atoms. The molecule has 28 heteroatoms. The Morgan fingerprint density at radius 3 is 1.67 bits per heavy atom. The van der Waals surface area contributed by atoms with E-state index in [4.69, 9.17) is 31.9 Å². The highest BCUT2D eigenvalue weighted by molar-refractivity contribution is 7.13. The third-order valence-electron chi connectivity index (χ3n) is 19.4. The smallest absolute Gasteiger partial charge is 0.243 e. The molecule has 27 nitrogen and oxygen atoms in total. The van der Waals surface area contributed by atoms with E-state index < -0.39 is 95.3 Å². The Morgan fingerprint density at radius 2 is 1.15 bits per heavy atom. The number of thiazole rings is 1. The van der Waals surface area contributed by atoms with Gasteiger partial charge in [-0.15, -0.1) is 11.3 Å². The number of hydrogen-bond donors (Lipinski definition) is 4. The van der Waals surface area contributed by atoms with E-state index in [0.717, 1.165) is 44.0 Å². The first kappa shape index (κ1) is 72.7. The minimum Gasteiger partial charge on any atom is -0.444 e. The Kier molecular flexibility index (Phi) is 22.1. The van der Waals surface area contributed by atoms with Crippen LogP contribution in [0.5, 0.6) is 0 Å². The normalized spacial score (nSPS) is 20.0. The monoisotopic (exact) mass is 1430 g/mol. The Bertz CT molecular complexity index is 4390. The van der Waals surface area contributed by atoms with Crippen molar-refractivity contribution in [2.24, 2.45) is 17.3 Å². The van der Waals surface area contributed by atoms with Crippen molar-refractivity contribution in [3.63, 3.8) is 0 Å². The molecular weight excluding hydrogens is 1340 g/mol. The van der Waals surface area contributed by atoms with Crippen LogP contribution < -0.4 is 16.0 Å². The number of aryl methyl sites for hydroxylation is 2. The number of aromatic nitrogens is 7. The fourth-order valence-corrected chi connectivity index (χ4v) is 14.7. The van der Waals surface area contributed by atoms with Gasteiger partial charge in [-0.25, -0.2) is 15.0 Å². The van der Waals surface area contributed by atoms with Crippen LogP contribution in [0.15, 0.2) is 138 Å². The van der Waals surface area contributed by atoms with Gasteiger partial charge >= 0.3 is 0 Å². The summed E-state index contributed by atoms with van der Waals surface area (Å²) in [6.07, 6.45) is 3.92. The zero-order valence-electron chi connectivity index (χ0n) is 59.5. The molecule has 11 atom stereocenters. The molecule has 3 aliphatic rings. The van der Waals surface area contributed by atoms with Crippen molar-refractivity contribution >= 4 is 46.8 Å². The van der Waals surface area contributed by atoms with Crippen LogP contribution in [0.4, 0.5) is 0 Å². The average molecular weight is 1430 g/mol. The zero-order valence-corrected chi connectivity index (χ0v) is 60.3. The maximum atomic E-state index is 15.6. The van der Waals surface area contributed by atoms with Gasteiger partial charge in [0.25, 0.3) is 0 Å². The van der Waals surface area contributed by atoms with Crippen LogP contribution in [0.25, 0.3) is 33.1 Å². The van der Waals surface area contributed by atoms with Crippen molar-refractivity contribution in [1.82, 2.24) is 66.1 Å². The van der Waals surface area contributed by atoms with E-state index >= 15 is 4.79 Å². The van der Waals surface area contributed by atoms with E-state index in [0.29, 0.717) is 28.7 Å². The first-order valence-electron chi connectivity index (χ1n) is 34.7. The third kappa shape index (κ3) is 16.6. The predicted molar refractivity (Wildman–Crippen MR) is 374 cm³/mol. The van der Waals surface area contributed by atoms with Gasteiger partial charge < -0.3 is 67.6 Å². The van der Waals surface area contributed by atoms with Crippen molar-refractivity contribution in [2.75, 3.05) is 19.6 Å². The molecule has 3 saturated heterocycles. The summed E-state index contributed by atoms with van der Waals surface area (Å²) in [4.78, 5) is 111. The maximum Gasteiger partial charge on any atom is 0.243 e. The van der Waals surface area contributed by atoms with Crippen LogP contribution in [0, 0.1) is 31.1 Å². The molecule has 9 aromatic rings. The lowest BCUT2D eigenvalue weighted by Crippen LogP contribution is -2.49. The quantitative estimate of drug-likeness (QED) is 0.0391. The van der Waals surface area contributed by atoms with Crippen LogP contribution >= 0.6 is 11.3 Å². The maximum absolute atomic E-state index is 15.6. The molecule has 0 unspecified atom stereocenters. The molecule has 6 aromatic heterocycles. The number of amides is 6. The number of rotatable bonds is 26. The topological polar surface area (TPSA) is 343 Å². The number of aliphatic hydroxyl groups is 1. The zero-order chi connectivity index (χ0) is 73.0. The second kappa shape index (κ2) is 31.3. The van der Waals surface area contributed by atoms with E-state index in [2.05, 4.69) is 51.4 Å². The third-order valence-corrected chi connectivity index (χ3v) is 20.4. The molecule has 0 aliphatic carbocycles. The van der Waals surface area contributed by atoms with Gasteiger partial charge in [-0.3, -0.25) is 28.8 Å². The molecule has 3 aliphatic heterocycles. The number of benzene rings is 3. The summed E-state index contributed by atoms with van der Waals surface area (Å²) in [7, 11) is 0. The number of β-amino-alcohol motifs (C(OH)–C–C–N with tert-alkyl or cyclic N) is 1. The van der Waals surface area contributed by atoms with Gasteiger partial charge in [-0.05, 0) is 67.2 Å². The largest absolute Gasteiger partial charge is 0.444 e. The van der Waals surface area contributed by atoms with Gasteiger partial charge in [0.15, 0.2) is 30.1 Å². The van der Waals surface area contributed by atoms with Crippen molar-refractivity contribution in [1.29, 1.82) is 0 Å². The van der Waals surface area contributed by atoms with Crippen LogP contribution in [-0.2, 0) is 58.0 Å². The number of carbonyl (C=O) groups is 6. The Morgan fingerprint density at radius 1 is 0.612 bits per heavy atom. The van der Waals surface area contributed by atoms with E-state index in [1.807, 2.05) is 142 Å². The van der Waals surface area contributed by atoms with Crippen molar-refractivity contribution in [3.8, 4) is 33.1 Å². The molecule has 0 radical (unpaired) electrons. The van der Waals surface area contributed by atoms with E-state index in [1.165, 1.54) is 22.6 Å². The minimum atomic E-state index is -1.04. The van der Waals surface area contributed by atoms with E-state index in [9.17, 15) is 29.1 Å². The Hall–Kier alpha value is -10.0. The molecule has 12 rings (SSSR count). The lowest BCUT2D eigenvalue weighted by molar-refractivity contribution is -0.142. The molecule has 6 amide bonds. The van der Waals surface area contributed by atoms with Gasteiger partial charge in [-0.1, -0.05) is 137 Å². The fraction of sp³-hybridized carbons (Fsp3) is 0.453. The number of aliphatic hydroxyl groups excluding tert-OH is 1. The summed E-state index contributed by atoms with van der Waals surface area (Å²) in [5, 5.41) is 32.8. The SMILES string of the molecule is Cc1cc([C@H](C(=O)N2C[C@H](OCc3cc([C@H](C(=O)N4C[C@H](OCc5noc([C@H](C(=O)N6C[C@H](O)C[C@H]6C(=O)NCc6ccc(-c7scnc7C)cc6)C(C)C)n5)C[C@H]4C(=O)N[C@@H](C)c4ccc(-c5cnco5)cc4)C(C)(C)C)on3)C[C@H]2C(=O)N[C@@H](C)c2ccc(-c3cnco3)cc2)C(C)C)on1. The number of carbonyl (C=O) groups excluding carboxylic acids is 6. The molecule has 3 fully saturated rings. The van der Waals surface area contributed by atoms with Crippen molar-refractivity contribution in [3.05, 3.63) is 173 Å². The fourth-order valence-electron chi connectivity index (χ4n) is 13.9. The number of likely N-dealkylation sites (tertiary alicyclic amines) is 3. The molecule has 0 bridgehead atoms. The number of hydrogen-bond acceptors (Lipinski definition) is 22. The second-order valence-electron chi connectivity index (χ2n) is 28.7. The number of ether oxygens (including phenoxy) is 2. The van der Waals surface area contributed by atoms with Crippen LogP contribution in [0.3, 0.4) is 0 Å². The average Bonchev–Trinajstić information content (AvgIpc) is 1.67. The van der Waals surface area contributed by atoms with Crippen LogP contribution in [0.1, 0.15) is 168 Å². The molecule has 3 aromatic carbocycles. The van der Waals surface area contributed by atoms with Gasteiger partial charge in [0.05, 0.1) is 71.2 Å². The summed E-state index contributed by atoms with van der Waals surface area (Å²) in [5.41, 5.74) is 8.03. The Balaban J connectivity index is 0.731. The summed E-state index contributed by atoms with van der Waals surface area (Å²) >= 11 is 1.55. The molecule has 0 spiro atoms. The summed E-state index contributed by atoms with van der Waals surface area (Å²) in [6.45, 7) is 20.5. The second-order valence-corrected chi connectivity index (χ2v) is 29.6. The number of oxazole rings is 2. The summed E-state index contributed by atoms with van der Waals surface area (Å²) < 4.78 is 41.5.